The molecule has 14 heteroatoms. The van der Waals surface area contributed by atoms with E-state index < -0.39 is 95.9 Å². The number of carbonyl (C=O) groups excluding carboxylic acids is 4. The highest BCUT2D eigenvalue weighted by Gasteiger charge is 2.59. The number of likely N-dealkylation sites (N-methyl/N-ethyl adjacent to an activating group) is 1. The number of carbonyl (C=O) groups is 4. The Balaban J connectivity index is 1.63. The number of rotatable bonds is 11. The van der Waals surface area contributed by atoms with Gasteiger partial charge in [0, 0.05) is 25.0 Å². The molecule has 3 aliphatic rings. The maximum atomic E-state index is 14.7. The lowest BCUT2D eigenvalue weighted by Gasteiger charge is -2.48. The van der Waals surface area contributed by atoms with E-state index in [-0.39, 0.29) is 37.4 Å². The Labute approximate surface area is 354 Å². The minimum atomic E-state index is -1.52. The summed E-state index contributed by atoms with van der Waals surface area (Å²) in [6.45, 7) is 13.9. The van der Waals surface area contributed by atoms with E-state index in [4.69, 9.17) is 37.9 Å². The summed E-state index contributed by atoms with van der Waals surface area (Å²) in [6, 6.07) is 18.0. The Morgan fingerprint density at radius 1 is 0.933 bits per heavy atom. The molecular formula is C46H65NO13. The number of ketones is 1. The van der Waals surface area contributed by atoms with Crippen LogP contribution in [-0.2, 0) is 58.9 Å². The van der Waals surface area contributed by atoms with Crippen molar-refractivity contribution in [1.82, 2.24) is 4.90 Å². The van der Waals surface area contributed by atoms with Crippen molar-refractivity contribution in [3.63, 3.8) is 0 Å². The van der Waals surface area contributed by atoms with Crippen LogP contribution in [0.25, 0.3) is 0 Å². The molecule has 1 N–H and O–H groups in total. The molecule has 0 aromatic heterocycles. The first kappa shape index (κ1) is 47.1. The molecule has 3 saturated heterocycles. The molecule has 3 heterocycles. The molecule has 0 bridgehead atoms. The second-order valence-electron chi connectivity index (χ2n) is 17.5. The summed E-state index contributed by atoms with van der Waals surface area (Å²) >= 11 is 0. The van der Waals surface area contributed by atoms with Crippen molar-refractivity contribution in [3.8, 4) is 0 Å². The van der Waals surface area contributed by atoms with E-state index in [0.29, 0.717) is 12.0 Å². The molecule has 0 radical (unpaired) electrons. The van der Waals surface area contributed by atoms with Crippen LogP contribution in [-0.4, -0.2) is 115 Å². The van der Waals surface area contributed by atoms with Gasteiger partial charge in [0.1, 0.15) is 24.1 Å². The Morgan fingerprint density at radius 2 is 1.57 bits per heavy atom. The van der Waals surface area contributed by atoms with Gasteiger partial charge >= 0.3 is 18.1 Å². The summed E-state index contributed by atoms with van der Waals surface area (Å²) in [5.74, 6) is -5.36. The Hall–Kier alpha value is -3.92. The fourth-order valence-electron chi connectivity index (χ4n) is 9.28. The van der Waals surface area contributed by atoms with Crippen LogP contribution in [0.3, 0.4) is 0 Å². The average Bonchev–Trinajstić information content (AvgIpc) is 3.54. The van der Waals surface area contributed by atoms with Gasteiger partial charge in [-0.15, -0.1) is 0 Å². The van der Waals surface area contributed by atoms with Gasteiger partial charge in [-0.1, -0.05) is 88.4 Å². The lowest BCUT2D eigenvalue weighted by Crippen LogP contribution is -2.60. The summed E-state index contributed by atoms with van der Waals surface area (Å²) in [4.78, 5) is 58.3. The van der Waals surface area contributed by atoms with Gasteiger partial charge in [-0.2, -0.15) is 0 Å². The van der Waals surface area contributed by atoms with Gasteiger partial charge < -0.3 is 47.9 Å². The third-order valence-electron chi connectivity index (χ3n) is 12.8. The van der Waals surface area contributed by atoms with Crippen molar-refractivity contribution < 1.29 is 62.2 Å². The van der Waals surface area contributed by atoms with Gasteiger partial charge in [0.05, 0.1) is 36.3 Å². The molecule has 0 amide bonds. The van der Waals surface area contributed by atoms with E-state index in [1.54, 1.807) is 72.7 Å². The molecule has 3 fully saturated rings. The predicted molar refractivity (Wildman–Crippen MR) is 219 cm³/mol. The summed E-state index contributed by atoms with van der Waals surface area (Å²) < 4.78 is 49.8. The second-order valence-corrected chi connectivity index (χ2v) is 17.5. The third-order valence-corrected chi connectivity index (χ3v) is 12.8. The normalized spacial score (nSPS) is 37.2. The number of benzene rings is 2. The van der Waals surface area contributed by atoms with Crippen molar-refractivity contribution in [1.29, 1.82) is 0 Å². The largest absolute Gasteiger partial charge is 0.509 e. The van der Waals surface area contributed by atoms with Crippen LogP contribution in [0.15, 0.2) is 60.7 Å². The second kappa shape index (κ2) is 19.9. The SMILES string of the molecule is CC[C@@H]1OC(=O)[C@H](C)[C@H](OC(=O)[C@H](OCc2ccccc2)c2ccccc2)[C@H](C)[C@@H](O[C@@H]2O[C@H](C)C[C@H](N(C)C)[C@H]2O)[C@@](C)(OC)C[C@@H](C)C(=O)[C@@H](C)[C@H]2OC(=O)O[C@]12C. The number of hydrogen-bond donors (Lipinski definition) is 1. The monoisotopic (exact) mass is 839 g/mol. The zero-order valence-corrected chi connectivity index (χ0v) is 36.9. The lowest BCUT2D eigenvalue weighted by molar-refractivity contribution is -0.302. The standard InChI is InChI=1S/C46H65NO13/c1-12-34-46(8)40(59-44(52)60-46)28(4)35(48)26(2)24-45(7,53-11)39(58-43-36(49)33(47(9)10)23-27(3)55-43)29(5)37(30(6)41(50)56-34)57-42(51)38(32-21-17-14-18-22-32)54-25-31-19-15-13-16-20-31/h13-22,26-30,33-34,36-40,43,49H,12,23-25H2,1-11H3/t26-,27-,28-,29+,30-,33+,34+,36-,37-,38-,39-,40-,43+,45+,46-/m1/s1. The highest BCUT2D eigenvalue weighted by atomic mass is 16.8. The summed E-state index contributed by atoms with van der Waals surface area (Å²) in [5, 5.41) is 11.7. The van der Waals surface area contributed by atoms with E-state index in [1.165, 1.54) is 7.11 Å². The fraction of sp³-hybridized carbons (Fsp3) is 0.652. The molecule has 5 rings (SSSR count). The number of aliphatic hydroxyl groups excluding tert-OH is 1. The van der Waals surface area contributed by atoms with E-state index in [2.05, 4.69) is 0 Å². The van der Waals surface area contributed by atoms with Gasteiger partial charge in [-0.3, -0.25) is 9.59 Å². The molecular weight excluding hydrogens is 775 g/mol. The van der Waals surface area contributed by atoms with Crippen LogP contribution in [0.5, 0.6) is 0 Å². The van der Waals surface area contributed by atoms with Crippen LogP contribution < -0.4 is 0 Å². The molecule has 3 aliphatic heterocycles. The van der Waals surface area contributed by atoms with Crippen LogP contribution in [0, 0.1) is 23.7 Å². The molecule has 332 valence electrons. The minimum Gasteiger partial charge on any atom is -0.459 e. The first-order valence-electron chi connectivity index (χ1n) is 21.1. The van der Waals surface area contributed by atoms with E-state index in [0.717, 1.165) is 5.56 Å². The van der Waals surface area contributed by atoms with Crippen LogP contribution in [0.1, 0.15) is 91.9 Å². The zero-order chi connectivity index (χ0) is 44.1. The molecule has 0 unspecified atom stereocenters. The molecule has 0 saturated carbocycles. The highest BCUT2D eigenvalue weighted by molar-refractivity contribution is 5.84. The smallest absolute Gasteiger partial charge is 0.459 e. The maximum absolute atomic E-state index is 14.7. The molecule has 0 spiro atoms. The fourth-order valence-corrected chi connectivity index (χ4v) is 9.28. The Bertz CT molecular complexity index is 1760. The summed E-state index contributed by atoms with van der Waals surface area (Å²) in [6.07, 6.45) is -8.40. The molecule has 15 atom stereocenters. The lowest BCUT2D eigenvalue weighted by atomic mass is 9.74. The number of fused-ring (bicyclic) bond motifs is 1. The van der Waals surface area contributed by atoms with Crippen molar-refractivity contribution in [2.45, 2.75) is 148 Å². The maximum Gasteiger partial charge on any atom is 0.509 e. The molecule has 0 aliphatic carbocycles. The number of Topliss-reactive ketones (excluding diaryl/α,β-unsaturated/α-hetero) is 1. The van der Waals surface area contributed by atoms with Crippen molar-refractivity contribution in [2.24, 2.45) is 23.7 Å². The van der Waals surface area contributed by atoms with Gasteiger partial charge in [-0.25, -0.2) is 9.59 Å². The van der Waals surface area contributed by atoms with Gasteiger partial charge in [0.15, 0.2) is 24.1 Å². The van der Waals surface area contributed by atoms with E-state index in [9.17, 15) is 24.3 Å². The number of esters is 2. The average molecular weight is 840 g/mol. The van der Waals surface area contributed by atoms with Gasteiger partial charge in [0.2, 0.25) is 0 Å². The Morgan fingerprint density at radius 3 is 2.17 bits per heavy atom. The van der Waals surface area contributed by atoms with Crippen molar-refractivity contribution >= 4 is 23.9 Å². The van der Waals surface area contributed by atoms with Crippen molar-refractivity contribution in [2.75, 3.05) is 21.2 Å². The number of hydrogen-bond acceptors (Lipinski definition) is 14. The van der Waals surface area contributed by atoms with Crippen LogP contribution in [0.2, 0.25) is 0 Å². The van der Waals surface area contributed by atoms with E-state index in [1.807, 2.05) is 62.3 Å². The number of aliphatic hydroxyl groups is 1. The topological polar surface area (TPSA) is 166 Å². The molecule has 14 nitrogen and oxygen atoms in total. The first-order valence-corrected chi connectivity index (χ1v) is 21.1. The van der Waals surface area contributed by atoms with Crippen LogP contribution >= 0.6 is 0 Å². The quantitative estimate of drug-likeness (QED) is 0.201. The van der Waals surface area contributed by atoms with Gasteiger partial charge in [0.25, 0.3) is 0 Å². The molecule has 2 aromatic rings. The molecule has 60 heavy (non-hydrogen) atoms. The molecule has 2 aromatic carbocycles. The number of ether oxygens (including phenoxy) is 8. The van der Waals surface area contributed by atoms with Crippen LogP contribution in [0.4, 0.5) is 4.79 Å². The first-order chi connectivity index (χ1) is 28.3. The highest BCUT2D eigenvalue weighted by Crippen LogP contribution is 2.43. The number of nitrogens with zero attached hydrogens (tertiary/aromatic N) is 1. The Kier molecular flexibility index (Phi) is 15.6. The van der Waals surface area contributed by atoms with E-state index >= 15 is 0 Å². The summed E-state index contributed by atoms with van der Waals surface area (Å²) in [5.41, 5.74) is -1.48. The zero-order valence-electron chi connectivity index (χ0n) is 36.9. The predicted octanol–water partition coefficient (Wildman–Crippen LogP) is 6.21. The number of methoxy groups -OCH3 is 1. The van der Waals surface area contributed by atoms with Crippen molar-refractivity contribution in [3.05, 3.63) is 71.8 Å². The minimum absolute atomic E-state index is 0.0823. The number of cyclic esters (lactones) is 1. The third kappa shape index (κ3) is 10.2. The summed E-state index contributed by atoms with van der Waals surface area (Å²) in [7, 11) is 5.23. The van der Waals surface area contributed by atoms with Gasteiger partial charge in [-0.05, 0) is 72.2 Å².